The van der Waals surface area contributed by atoms with Crippen LogP contribution < -0.4 is 0 Å². The summed E-state index contributed by atoms with van der Waals surface area (Å²) in [6, 6.07) is 0. The molecule has 62 valence electrons. The standard InChI is InChI=1S/C6H8F2N2O/c1-3(2)6-9-5(4(7)8)10-11-6/h3-4H,1-2H3. The number of aromatic nitrogens is 2. The van der Waals surface area contributed by atoms with E-state index in [9.17, 15) is 8.78 Å². The summed E-state index contributed by atoms with van der Waals surface area (Å²) in [6.45, 7) is 3.59. The Kier molecular flexibility index (Phi) is 2.16. The van der Waals surface area contributed by atoms with Gasteiger partial charge in [-0.15, -0.1) is 0 Å². The summed E-state index contributed by atoms with van der Waals surface area (Å²) in [4.78, 5) is 3.48. The minimum absolute atomic E-state index is 0.00463. The third kappa shape index (κ3) is 1.72. The average molecular weight is 162 g/mol. The summed E-state index contributed by atoms with van der Waals surface area (Å²) in [7, 11) is 0. The quantitative estimate of drug-likeness (QED) is 0.668. The molecule has 0 aliphatic carbocycles. The van der Waals surface area contributed by atoms with Crippen LogP contribution in [-0.4, -0.2) is 10.1 Å². The molecule has 3 nitrogen and oxygen atoms in total. The van der Waals surface area contributed by atoms with E-state index >= 15 is 0 Å². The molecule has 0 aromatic carbocycles. The molecular weight excluding hydrogens is 154 g/mol. The number of hydrogen-bond donors (Lipinski definition) is 0. The lowest BCUT2D eigenvalue weighted by Crippen LogP contribution is -1.89. The zero-order valence-corrected chi connectivity index (χ0v) is 6.21. The van der Waals surface area contributed by atoms with Gasteiger partial charge in [0.25, 0.3) is 0 Å². The fraction of sp³-hybridized carbons (Fsp3) is 0.667. The zero-order chi connectivity index (χ0) is 8.43. The number of halogens is 2. The third-order valence-corrected chi connectivity index (χ3v) is 1.15. The van der Waals surface area contributed by atoms with Crippen molar-refractivity contribution >= 4 is 0 Å². The van der Waals surface area contributed by atoms with Crippen molar-refractivity contribution < 1.29 is 13.3 Å². The molecule has 0 saturated heterocycles. The fourth-order valence-electron chi connectivity index (χ4n) is 0.570. The lowest BCUT2D eigenvalue weighted by atomic mass is 10.2. The predicted octanol–water partition coefficient (Wildman–Crippen LogP) is 2.13. The van der Waals surface area contributed by atoms with Gasteiger partial charge in [-0.1, -0.05) is 19.0 Å². The van der Waals surface area contributed by atoms with Crippen LogP contribution in [0.1, 0.15) is 37.9 Å². The van der Waals surface area contributed by atoms with E-state index in [0.29, 0.717) is 0 Å². The summed E-state index contributed by atoms with van der Waals surface area (Å²) in [5, 5.41) is 3.10. The van der Waals surface area contributed by atoms with Crippen LogP contribution in [0.4, 0.5) is 8.78 Å². The molecular formula is C6H8F2N2O. The van der Waals surface area contributed by atoms with Crippen LogP contribution >= 0.6 is 0 Å². The monoisotopic (exact) mass is 162 g/mol. The second-order valence-corrected chi connectivity index (χ2v) is 2.45. The first kappa shape index (κ1) is 8.10. The van der Waals surface area contributed by atoms with E-state index in [0.717, 1.165) is 0 Å². The Balaban J connectivity index is 2.82. The van der Waals surface area contributed by atoms with E-state index in [4.69, 9.17) is 0 Å². The zero-order valence-electron chi connectivity index (χ0n) is 6.21. The van der Waals surface area contributed by atoms with Gasteiger partial charge in [0.1, 0.15) is 0 Å². The van der Waals surface area contributed by atoms with Crippen molar-refractivity contribution in [2.75, 3.05) is 0 Å². The maximum absolute atomic E-state index is 11.9. The summed E-state index contributed by atoms with van der Waals surface area (Å²) in [5.41, 5.74) is 0. The van der Waals surface area contributed by atoms with Crippen LogP contribution in [0.3, 0.4) is 0 Å². The molecule has 0 radical (unpaired) electrons. The highest BCUT2D eigenvalue weighted by Crippen LogP contribution is 2.17. The highest BCUT2D eigenvalue weighted by atomic mass is 19.3. The highest BCUT2D eigenvalue weighted by molar-refractivity contribution is 4.91. The third-order valence-electron chi connectivity index (χ3n) is 1.15. The van der Waals surface area contributed by atoms with Crippen LogP contribution in [0.2, 0.25) is 0 Å². The average Bonchev–Trinajstić information content (AvgIpc) is 2.33. The van der Waals surface area contributed by atoms with Crippen LogP contribution in [0.5, 0.6) is 0 Å². The Hall–Kier alpha value is -1.00. The summed E-state index contributed by atoms with van der Waals surface area (Å²) >= 11 is 0. The number of nitrogens with zero attached hydrogens (tertiary/aromatic N) is 2. The molecule has 0 amide bonds. The van der Waals surface area contributed by atoms with Crippen molar-refractivity contribution in [2.45, 2.75) is 26.2 Å². The van der Waals surface area contributed by atoms with Crippen LogP contribution in [-0.2, 0) is 0 Å². The van der Waals surface area contributed by atoms with Gasteiger partial charge in [0.2, 0.25) is 11.7 Å². The molecule has 1 heterocycles. The van der Waals surface area contributed by atoms with E-state index in [1.807, 2.05) is 0 Å². The first-order valence-corrected chi connectivity index (χ1v) is 3.23. The minimum Gasteiger partial charge on any atom is -0.339 e. The van der Waals surface area contributed by atoms with Gasteiger partial charge in [-0.05, 0) is 0 Å². The van der Waals surface area contributed by atoms with Gasteiger partial charge in [-0.2, -0.15) is 4.98 Å². The van der Waals surface area contributed by atoms with Gasteiger partial charge in [-0.25, -0.2) is 8.78 Å². The van der Waals surface area contributed by atoms with Crippen LogP contribution in [0.25, 0.3) is 0 Å². The lowest BCUT2D eigenvalue weighted by Gasteiger charge is -1.91. The first-order valence-electron chi connectivity index (χ1n) is 3.23. The smallest absolute Gasteiger partial charge is 0.300 e. The first-order chi connectivity index (χ1) is 5.11. The van der Waals surface area contributed by atoms with Crippen molar-refractivity contribution in [1.29, 1.82) is 0 Å². The Labute approximate surface area is 62.4 Å². The SMILES string of the molecule is CC(C)c1nc(C(F)F)no1. The predicted molar refractivity (Wildman–Crippen MR) is 33.3 cm³/mol. The van der Waals surface area contributed by atoms with Crippen LogP contribution in [0.15, 0.2) is 4.52 Å². The van der Waals surface area contributed by atoms with Crippen molar-refractivity contribution in [3.8, 4) is 0 Å². The number of alkyl halides is 2. The summed E-state index contributed by atoms with van der Waals surface area (Å²) in [5.74, 6) is -0.288. The molecule has 1 aromatic heterocycles. The summed E-state index contributed by atoms with van der Waals surface area (Å²) < 4.78 is 28.3. The number of rotatable bonds is 2. The van der Waals surface area contributed by atoms with Crippen molar-refractivity contribution in [2.24, 2.45) is 0 Å². The molecule has 11 heavy (non-hydrogen) atoms. The minimum atomic E-state index is -2.65. The Morgan fingerprint density at radius 1 is 1.36 bits per heavy atom. The molecule has 0 atom stereocenters. The topological polar surface area (TPSA) is 38.9 Å². The van der Waals surface area contributed by atoms with E-state index in [-0.39, 0.29) is 11.8 Å². The maximum atomic E-state index is 11.9. The molecule has 5 heteroatoms. The second kappa shape index (κ2) is 2.94. The maximum Gasteiger partial charge on any atom is 0.300 e. The molecule has 0 spiro atoms. The van der Waals surface area contributed by atoms with Gasteiger partial charge in [-0.3, -0.25) is 0 Å². The van der Waals surface area contributed by atoms with E-state index in [2.05, 4.69) is 14.7 Å². The van der Waals surface area contributed by atoms with E-state index in [1.165, 1.54) is 0 Å². The molecule has 0 N–H and O–H groups in total. The molecule has 0 saturated carbocycles. The van der Waals surface area contributed by atoms with Gasteiger partial charge in [0, 0.05) is 5.92 Å². The lowest BCUT2D eigenvalue weighted by molar-refractivity contribution is 0.136. The van der Waals surface area contributed by atoms with Crippen molar-refractivity contribution in [3.05, 3.63) is 11.7 Å². The normalized spacial score (nSPS) is 11.5. The molecule has 1 aromatic rings. The van der Waals surface area contributed by atoms with Gasteiger partial charge in [0.05, 0.1) is 0 Å². The Morgan fingerprint density at radius 2 is 2.00 bits per heavy atom. The fourth-order valence-corrected chi connectivity index (χ4v) is 0.570. The van der Waals surface area contributed by atoms with Gasteiger partial charge in [0.15, 0.2) is 0 Å². The van der Waals surface area contributed by atoms with Crippen molar-refractivity contribution in [1.82, 2.24) is 10.1 Å². The Morgan fingerprint density at radius 3 is 2.27 bits per heavy atom. The molecule has 1 rings (SSSR count). The van der Waals surface area contributed by atoms with Crippen molar-refractivity contribution in [3.63, 3.8) is 0 Å². The highest BCUT2D eigenvalue weighted by Gasteiger charge is 2.16. The number of hydrogen-bond acceptors (Lipinski definition) is 3. The molecule has 0 bridgehead atoms. The Bertz CT molecular complexity index is 212. The van der Waals surface area contributed by atoms with E-state index in [1.54, 1.807) is 13.8 Å². The van der Waals surface area contributed by atoms with Gasteiger partial charge >= 0.3 is 6.43 Å². The second-order valence-electron chi connectivity index (χ2n) is 2.45. The molecule has 0 aliphatic heterocycles. The molecule has 0 fully saturated rings. The van der Waals surface area contributed by atoms with Crippen LogP contribution in [0, 0.1) is 0 Å². The largest absolute Gasteiger partial charge is 0.339 e. The summed E-state index contributed by atoms with van der Waals surface area (Å²) in [6.07, 6.45) is -2.65. The molecule has 0 unspecified atom stereocenters. The molecule has 0 aliphatic rings. The van der Waals surface area contributed by atoms with Gasteiger partial charge < -0.3 is 4.52 Å². The van der Waals surface area contributed by atoms with E-state index < -0.39 is 12.2 Å².